The summed E-state index contributed by atoms with van der Waals surface area (Å²) in [5, 5.41) is 10.6. The van der Waals surface area contributed by atoms with E-state index in [1.54, 1.807) is 6.07 Å². The van der Waals surface area contributed by atoms with Crippen LogP contribution in [0.15, 0.2) is 24.3 Å². The fourth-order valence-corrected chi connectivity index (χ4v) is 1.34. The van der Waals surface area contributed by atoms with Crippen molar-refractivity contribution in [3.8, 4) is 11.8 Å². The van der Waals surface area contributed by atoms with Gasteiger partial charge in [0, 0.05) is 6.42 Å². The molecule has 0 aliphatic rings. The Morgan fingerprint density at radius 1 is 1.32 bits per heavy atom. The van der Waals surface area contributed by atoms with Crippen LogP contribution in [-0.4, -0.2) is 18.8 Å². The number of carbonyl (C=O) groups is 1. The number of nitriles is 1. The van der Waals surface area contributed by atoms with Crippen molar-refractivity contribution in [3.63, 3.8) is 0 Å². The number of nitrogens with one attached hydrogen (secondary N) is 1. The maximum atomic E-state index is 11.9. The molecule has 0 aromatic heterocycles. The molecule has 0 fully saturated rings. The summed E-state index contributed by atoms with van der Waals surface area (Å²) in [4.78, 5) is 11.2. The minimum absolute atomic E-state index is 0.0583. The highest BCUT2D eigenvalue weighted by Gasteiger charge is 2.30. The van der Waals surface area contributed by atoms with E-state index in [4.69, 9.17) is 5.26 Å². The fraction of sp³-hybridized carbons (Fsp3) is 0.333. The maximum absolute atomic E-state index is 11.9. The molecule has 1 rings (SSSR count). The first-order valence-electron chi connectivity index (χ1n) is 5.39. The Morgan fingerprint density at radius 2 is 1.95 bits per heavy atom. The standard InChI is InChI=1S/C12H11F3N2O2/c13-12(14,15)19-10-4-1-9(2-5-10)3-6-11(18)17-8-7-16/h1-2,4-5H,3,6,8H2,(H,17,18). The molecule has 7 heteroatoms. The van der Waals surface area contributed by atoms with Gasteiger partial charge < -0.3 is 10.1 Å². The number of amides is 1. The number of hydrogen-bond donors (Lipinski definition) is 1. The van der Waals surface area contributed by atoms with Crippen LogP contribution in [0.25, 0.3) is 0 Å². The predicted octanol–water partition coefficient (Wildman–Crippen LogP) is 2.16. The van der Waals surface area contributed by atoms with Gasteiger partial charge >= 0.3 is 6.36 Å². The summed E-state index contributed by atoms with van der Waals surface area (Å²) >= 11 is 0. The van der Waals surface area contributed by atoms with Crippen LogP contribution in [0.2, 0.25) is 0 Å². The van der Waals surface area contributed by atoms with Crippen LogP contribution in [0.3, 0.4) is 0 Å². The Bertz CT molecular complexity index is 463. The van der Waals surface area contributed by atoms with Crippen molar-refractivity contribution in [2.45, 2.75) is 19.2 Å². The Morgan fingerprint density at radius 3 is 2.47 bits per heavy atom. The van der Waals surface area contributed by atoms with Crippen LogP contribution < -0.4 is 10.1 Å². The van der Waals surface area contributed by atoms with Gasteiger partial charge in [-0.3, -0.25) is 4.79 Å². The van der Waals surface area contributed by atoms with Gasteiger partial charge in [0.2, 0.25) is 5.91 Å². The summed E-state index contributed by atoms with van der Waals surface area (Å²) in [5.41, 5.74) is 0.710. The average molecular weight is 272 g/mol. The number of carbonyl (C=O) groups excluding carboxylic acids is 1. The molecular weight excluding hydrogens is 261 g/mol. The SMILES string of the molecule is N#CCNC(=O)CCc1ccc(OC(F)(F)F)cc1. The zero-order chi connectivity index (χ0) is 14.3. The second kappa shape index (κ2) is 6.64. The third-order valence-electron chi connectivity index (χ3n) is 2.16. The molecule has 0 spiro atoms. The fourth-order valence-electron chi connectivity index (χ4n) is 1.34. The number of nitrogens with zero attached hydrogens (tertiary/aromatic N) is 1. The van der Waals surface area contributed by atoms with E-state index in [1.807, 2.05) is 0 Å². The van der Waals surface area contributed by atoms with Gasteiger partial charge in [0.05, 0.1) is 6.07 Å². The van der Waals surface area contributed by atoms with E-state index in [0.29, 0.717) is 12.0 Å². The zero-order valence-electron chi connectivity index (χ0n) is 9.83. The molecule has 0 saturated carbocycles. The number of alkyl halides is 3. The number of aryl methyl sites for hydroxylation is 1. The summed E-state index contributed by atoms with van der Waals surface area (Å²) in [5.74, 6) is -0.581. The van der Waals surface area contributed by atoms with Gasteiger partial charge in [-0.15, -0.1) is 13.2 Å². The Hall–Kier alpha value is -2.23. The van der Waals surface area contributed by atoms with E-state index < -0.39 is 6.36 Å². The highest BCUT2D eigenvalue weighted by molar-refractivity contribution is 5.76. The van der Waals surface area contributed by atoms with E-state index in [-0.39, 0.29) is 24.6 Å². The second-order valence-corrected chi connectivity index (χ2v) is 3.63. The van der Waals surface area contributed by atoms with Crippen molar-refractivity contribution in [1.29, 1.82) is 5.26 Å². The molecule has 1 N–H and O–H groups in total. The van der Waals surface area contributed by atoms with Crippen molar-refractivity contribution in [1.82, 2.24) is 5.32 Å². The average Bonchev–Trinajstić information content (AvgIpc) is 2.33. The summed E-state index contributed by atoms with van der Waals surface area (Å²) in [6, 6.07) is 7.07. The third kappa shape index (κ3) is 6.31. The van der Waals surface area contributed by atoms with E-state index in [2.05, 4.69) is 10.1 Å². The highest BCUT2D eigenvalue weighted by Crippen LogP contribution is 2.22. The molecule has 0 saturated heterocycles. The molecule has 1 amide bonds. The van der Waals surface area contributed by atoms with Crippen molar-refractivity contribution >= 4 is 5.91 Å². The number of benzene rings is 1. The minimum Gasteiger partial charge on any atom is -0.406 e. The lowest BCUT2D eigenvalue weighted by molar-refractivity contribution is -0.274. The van der Waals surface area contributed by atoms with Gasteiger partial charge in [0.15, 0.2) is 0 Å². The number of rotatable bonds is 5. The first-order valence-corrected chi connectivity index (χ1v) is 5.39. The highest BCUT2D eigenvalue weighted by atomic mass is 19.4. The van der Waals surface area contributed by atoms with Crippen LogP contribution in [0.5, 0.6) is 5.75 Å². The molecule has 19 heavy (non-hydrogen) atoms. The van der Waals surface area contributed by atoms with Gasteiger partial charge in [0.1, 0.15) is 12.3 Å². The van der Waals surface area contributed by atoms with Crippen molar-refractivity contribution in [2.24, 2.45) is 0 Å². The lowest BCUT2D eigenvalue weighted by Crippen LogP contribution is -2.23. The smallest absolute Gasteiger partial charge is 0.406 e. The minimum atomic E-state index is -4.71. The van der Waals surface area contributed by atoms with E-state index in [0.717, 1.165) is 0 Å². The molecule has 102 valence electrons. The number of halogens is 3. The predicted molar refractivity (Wildman–Crippen MR) is 60.1 cm³/mol. The molecule has 0 heterocycles. The second-order valence-electron chi connectivity index (χ2n) is 3.63. The zero-order valence-corrected chi connectivity index (χ0v) is 9.83. The summed E-state index contributed by atoms with van der Waals surface area (Å²) < 4.78 is 39.5. The van der Waals surface area contributed by atoms with Gasteiger partial charge in [-0.2, -0.15) is 5.26 Å². The normalized spacial score (nSPS) is 10.6. The molecular formula is C12H11F3N2O2. The lowest BCUT2D eigenvalue weighted by atomic mass is 10.1. The summed E-state index contributed by atoms with van der Waals surface area (Å²) in [6.07, 6.45) is -4.16. The summed E-state index contributed by atoms with van der Waals surface area (Å²) in [7, 11) is 0. The molecule has 0 bridgehead atoms. The first kappa shape index (κ1) is 14.8. The van der Waals surface area contributed by atoms with E-state index in [9.17, 15) is 18.0 Å². The van der Waals surface area contributed by atoms with Crippen molar-refractivity contribution < 1.29 is 22.7 Å². The van der Waals surface area contributed by atoms with Crippen LogP contribution in [-0.2, 0) is 11.2 Å². The van der Waals surface area contributed by atoms with Crippen LogP contribution in [0.4, 0.5) is 13.2 Å². The molecule has 1 aromatic carbocycles. The number of hydrogen-bond acceptors (Lipinski definition) is 3. The van der Waals surface area contributed by atoms with Gasteiger partial charge in [-0.25, -0.2) is 0 Å². The lowest BCUT2D eigenvalue weighted by Gasteiger charge is -2.09. The molecule has 0 radical (unpaired) electrons. The van der Waals surface area contributed by atoms with Crippen molar-refractivity contribution in [3.05, 3.63) is 29.8 Å². The topological polar surface area (TPSA) is 62.1 Å². The summed E-state index contributed by atoms with van der Waals surface area (Å²) in [6.45, 7) is -0.0583. The van der Waals surface area contributed by atoms with Crippen molar-refractivity contribution in [2.75, 3.05) is 6.54 Å². The molecule has 0 unspecified atom stereocenters. The molecule has 0 aliphatic heterocycles. The van der Waals surface area contributed by atoms with E-state index in [1.165, 1.54) is 24.3 Å². The Balaban J connectivity index is 2.45. The molecule has 1 aromatic rings. The molecule has 4 nitrogen and oxygen atoms in total. The Kier molecular flexibility index (Phi) is 5.18. The molecule has 0 atom stereocenters. The van der Waals surface area contributed by atoms with E-state index >= 15 is 0 Å². The monoisotopic (exact) mass is 272 g/mol. The third-order valence-corrected chi connectivity index (χ3v) is 2.16. The first-order chi connectivity index (χ1) is 8.90. The van der Waals surface area contributed by atoms with Gasteiger partial charge in [-0.1, -0.05) is 12.1 Å². The van der Waals surface area contributed by atoms with Crippen LogP contribution in [0.1, 0.15) is 12.0 Å². The largest absolute Gasteiger partial charge is 0.573 e. The van der Waals surface area contributed by atoms with Gasteiger partial charge in [0.25, 0.3) is 0 Å². The van der Waals surface area contributed by atoms with Crippen LogP contribution >= 0.6 is 0 Å². The maximum Gasteiger partial charge on any atom is 0.573 e. The number of ether oxygens (including phenoxy) is 1. The quantitative estimate of drug-likeness (QED) is 0.835. The van der Waals surface area contributed by atoms with Crippen LogP contribution in [0, 0.1) is 11.3 Å². The van der Waals surface area contributed by atoms with Gasteiger partial charge in [-0.05, 0) is 24.1 Å². The Labute approximate surface area is 107 Å². The molecule has 0 aliphatic carbocycles.